The van der Waals surface area contributed by atoms with Gasteiger partial charge in [-0.3, -0.25) is 4.79 Å². The Morgan fingerprint density at radius 2 is 2.40 bits per heavy atom. The predicted molar refractivity (Wildman–Crippen MR) is 61.5 cm³/mol. The quantitative estimate of drug-likeness (QED) is 0.685. The summed E-state index contributed by atoms with van der Waals surface area (Å²) in [4.78, 5) is 13.7. The zero-order valence-corrected chi connectivity index (χ0v) is 9.83. The summed E-state index contributed by atoms with van der Waals surface area (Å²) in [7, 11) is 2.12. The van der Waals surface area contributed by atoms with Gasteiger partial charge in [-0.25, -0.2) is 0 Å². The third-order valence-corrected chi connectivity index (χ3v) is 3.05. The van der Waals surface area contributed by atoms with Crippen LogP contribution in [0.25, 0.3) is 0 Å². The maximum Gasteiger partial charge on any atom is 0.221 e. The summed E-state index contributed by atoms with van der Waals surface area (Å²) in [6.07, 6.45) is 2.51. The average Bonchev–Trinajstić information content (AvgIpc) is 2.61. The summed E-state index contributed by atoms with van der Waals surface area (Å²) >= 11 is 0. The van der Waals surface area contributed by atoms with E-state index in [0.717, 1.165) is 26.1 Å². The van der Waals surface area contributed by atoms with E-state index in [0.29, 0.717) is 12.3 Å². The summed E-state index contributed by atoms with van der Waals surface area (Å²) in [5.74, 6) is 0.718. The van der Waals surface area contributed by atoms with Gasteiger partial charge in [0, 0.05) is 25.6 Å². The number of hydrogen-bond donors (Lipinski definition) is 2. The lowest BCUT2D eigenvalue weighted by Crippen LogP contribution is -2.34. The van der Waals surface area contributed by atoms with E-state index in [2.05, 4.69) is 17.3 Å². The van der Waals surface area contributed by atoms with Crippen LogP contribution in [0.4, 0.5) is 0 Å². The second kappa shape index (κ2) is 6.08. The molecule has 1 rings (SSSR count). The second-order valence-corrected chi connectivity index (χ2v) is 4.59. The number of carbonyl (C=O) groups is 1. The first-order chi connectivity index (χ1) is 7.11. The average molecular weight is 213 g/mol. The Bertz CT molecular complexity index is 208. The standard InChI is InChI=1S/C11H23N3O/c1-3-10(12)6-11(15)13-7-9-4-5-14(2)8-9/h9-10H,3-8,12H2,1-2H3,(H,13,15). The summed E-state index contributed by atoms with van der Waals surface area (Å²) in [5, 5.41) is 2.96. The van der Waals surface area contributed by atoms with Crippen molar-refractivity contribution in [1.82, 2.24) is 10.2 Å². The number of rotatable bonds is 5. The molecule has 0 spiro atoms. The molecule has 0 aromatic carbocycles. The van der Waals surface area contributed by atoms with Gasteiger partial charge in [0.25, 0.3) is 0 Å². The SMILES string of the molecule is CCC(N)CC(=O)NCC1CCN(C)C1. The van der Waals surface area contributed by atoms with Crippen LogP contribution in [0, 0.1) is 5.92 Å². The zero-order chi connectivity index (χ0) is 11.3. The van der Waals surface area contributed by atoms with E-state index < -0.39 is 0 Å². The van der Waals surface area contributed by atoms with Crippen molar-refractivity contribution in [2.24, 2.45) is 11.7 Å². The molecule has 1 saturated heterocycles. The van der Waals surface area contributed by atoms with Gasteiger partial charge in [-0.15, -0.1) is 0 Å². The van der Waals surface area contributed by atoms with Crippen molar-refractivity contribution in [3.05, 3.63) is 0 Å². The van der Waals surface area contributed by atoms with Crippen molar-refractivity contribution in [1.29, 1.82) is 0 Å². The molecule has 3 N–H and O–H groups in total. The van der Waals surface area contributed by atoms with Crippen LogP contribution in [0.15, 0.2) is 0 Å². The van der Waals surface area contributed by atoms with Crippen LogP contribution in [-0.4, -0.2) is 43.5 Å². The molecule has 0 bridgehead atoms. The van der Waals surface area contributed by atoms with Gasteiger partial charge in [0.1, 0.15) is 0 Å². The van der Waals surface area contributed by atoms with Gasteiger partial charge >= 0.3 is 0 Å². The molecule has 2 atom stereocenters. The number of amides is 1. The van der Waals surface area contributed by atoms with E-state index >= 15 is 0 Å². The molecular weight excluding hydrogens is 190 g/mol. The topological polar surface area (TPSA) is 58.4 Å². The highest BCUT2D eigenvalue weighted by molar-refractivity contribution is 5.76. The number of nitrogens with one attached hydrogen (secondary N) is 1. The number of nitrogens with zero attached hydrogens (tertiary/aromatic N) is 1. The van der Waals surface area contributed by atoms with Gasteiger partial charge < -0.3 is 16.0 Å². The molecule has 0 radical (unpaired) electrons. The number of hydrogen-bond acceptors (Lipinski definition) is 3. The van der Waals surface area contributed by atoms with Gasteiger partial charge in [-0.1, -0.05) is 6.92 Å². The third-order valence-electron chi connectivity index (χ3n) is 3.05. The van der Waals surface area contributed by atoms with E-state index in [-0.39, 0.29) is 11.9 Å². The molecule has 0 aliphatic carbocycles. The van der Waals surface area contributed by atoms with Crippen LogP contribution in [0.1, 0.15) is 26.2 Å². The van der Waals surface area contributed by atoms with Crippen molar-refractivity contribution in [3.8, 4) is 0 Å². The Labute approximate surface area is 92.2 Å². The molecule has 4 nitrogen and oxygen atoms in total. The van der Waals surface area contributed by atoms with Gasteiger partial charge in [0.15, 0.2) is 0 Å². The maximum atomic E-state index is 11.4. The van der Waals surface area contributed by atoms with Crippen LogP contribution in [0.2, 0.25) is 0 Å². The molecule has 88 valence electrons. The Morgan fingerprint density at radius 3 is 2.93 bits per heavy atom. The molecule has 15 heavy (non-hydrogen) atoms. The van der Waals surface area contributed by atoms with Gasteiger partial charge in [-0.2, -0.15) is 0 Å². The van der Waals surface area contributed by atoms with E-state index in [9.17, 15) is 4.79 Å². The van der Waals surface area contributed by atoms with E-state index in [1.165, 1.54) is 6.42 Å². The minimum atomic E-state index is 0.0104. The first-order valence-electron chi connectivity index (χ1n) is 5.82. The zero-order valence-electron chi connectivity index (χ0n) is 9.83. The first-order valence-corrected chi connectivity index (χ1v) is 5.82. The van der Waals surface area contributed by atoms with Crippen LogP contribution < -0.4 is 11.1 Å². The van der Waals surface area contributed by atoms with Crippen molar-refractivity contribution in [3.63, 3.8) is 0 Å². The Hall–Kier alpha value is -0.610. The molecule has 2 unspecified atom stereocenters. The summed E-state index contributed by atoms with van der Waals surface area (Å²) in [5.41, 5.74) is 5.71. The fourth-order valence-corrected chi connectivity index (χ4v) is 1.91. The fraction of sp³-hybridized carbons (Fsp3) is 0.909. The van der Waals surface area contributed by atoms with E-state index in [4.69, 9.17) is 5.73 Å². The minimum Gasteiger partial charge on any atom is -0.356 e. The van der Waals surface area contributed by atoms with E-state index in [1.807, 2.05) is 6.92 Å². The van der Waals surface area contributed by atoms with Gasteiger partial charge in [0.05, 0.1) is 0 Å². The third kappa shape index (κ3) is 4.62. The summed E-state index contributed by atoms with van der Waals surface area (Å²) < 4.78 is 0. The van der Waals surface area contributed by atoms with Gasteiger partial charge in [-0.05, 0) is 32.4 Å². The van der Waals surface area contributed by atoms with Crippen molar-refractivity contribution in [2.75, 3.05) is 26.7 Å². The second-order valence-electron chi connectivity index (χ2n) is 4.59. The molecular formula is C11H23N3O. The molecule has 1 aliphatic heterocycles. The van der Waals surface area contributed by atoms with E-state index in [1.54, 1.807) is 0 Å². The number of nitrogens with two attached hydrogens (primary N) is 1. The monoisotopic (exact) mass is 213 g/mol. The predicted octanol–water partition coefficient (Wildman–Crippen LogP) is 0.182. The highest BCUT2D eigenvalue weighted by atomic mass is 16.1. The summed E-state index contributed by atoms with van der Waals surface area (Å²) in [6.45, 7) is 5.05. The molecule has 1 heterocycles. The molecule has 0 saturated carbocycles. The normalized spacial score (nSPS) is 24.1. The fourth-order valence-electron chi connectivity index (χ4n) is 1.91. The highest BCUT2D eigenvalue weighted by Crippen LogP contribution is 2.12. The molecule has 0 aromatic heterocycles. The van der Waals surface area contributed by atoms with Gasteiger partial charge in [0.2, 0.25) is 5.91 Å². The number of carbonyl (C=O) groups excluding carboxylic acids is 1. The lowest BCUT2D eigenvalue weighted by molar-refractivity contribution is -0.121. The molecule has 0 aromatic rings. The number of likely N-dealkylation sites (tertiary alicyclic amines) is 1. The Morgan fingerprint density at radius 1 is 1.67 bits per heavy atom. The van der Waals surface area contributed by atoms with Crippen LogP contribution >= 0.6 is 0 Å². The van der Waals surface area contributed by atoms with Crippen LogP contribution in [-0.2, 0) is 4.79 Å². The molecule has 1 amide bonds. The Balaban J connectivity index is 2.11. The Kier molecular flexibility index (Phi) is 5.05. The van der Waals surface area contributed by atoms with Crippen LogP contribution in [0.3, 0.4) is 0 Å². The highest BCUT2D eigenvalue weighted by Gasteiger charge is 2.19. The smallest absolute Gasteiger partial charge is 0.221 e. The summed E-state index contributed by atoms with van der Waals surface area (Å²) in [6, 6.07) is 0.0104. The van der Waals surface area contributed by atoms with Crippen molar-refractivity contribution in [2.45, 2.75) is 32.2 Å². The maximum absolute atomic E-state index is 11.4. The molecule has 4 heteroatoms. The largest absolute Gasteiger partial charge is 0.356 e. The van der Waals surface area contributed by atoms with Crippen molar-refractivity contribution < 1.29 is 4.79 Å². The lowest BCUT2D eigenvalue weighted by atomic mass is 10.1. The van der Waals surface area contributed by atoms with Crippen LogP contribution in [0.5, 0.6) is 0 Å². The molecule has 1 aliphatic rings. The first kappa shape index (κ1) is 12.5. The molecule has 1 fully saturated rings. The lowest BCUT2D eigenvalue weighted by Gasteiger charge is -2.13. The van der Waals surface area contributed by atoms with Crippen molar-refractivity contribution >= 4 is 5.91 Å². The minimum absolute atomic E-state index is 0.0104.